The molecule has 0 saturated carbocycles. The molecule has 98 valence electrons. The van der Waals surface area contributed by atoms with Gasteiger partial charge in [0.25, 0.3) is 5.91 Å². The van der Waals surface area contributed by atoms with Crippen LogP contribution in [0.1, 0.15) is 21.5 Å². The second kappa shape index (κ2) is 5.02. The summed E-state index contributed by atoms with van der Waals surface area (Å²) in [6.07, 6.45) is 0. The molecule has 4 nitrogen and oxygen atoms in total. The molecule has 2 aromatic carbocycles. The fraction of sp³-hybridized carbons (Fsp3) is 0.133. The number of amides is 1. The minimum Gasteiger partial charge on any atom is -0.508 e. The average Bonchev–Trinajstić information content (AvgIpc) is 2.36. The summed E-state index contributed by atoms with van der Waals surface area (Å²) in [4.78, 5) is 12.0. The first-order chi connectivity index (χ1) is 8.97. The monoisotopic (exact) mass is 257 g/mol. The normalized spacial score (nSPS) is 10.2. The number of nitrogens with one attached hydrogen (secondary N) is 1. The molecule has 0 atom stereocenters. The van der Waals surface area contributed by atoms with Crippen LogP contribution >= 0.6 is 0 Å². The highest BCUT2D eigenvalue weighted by atomic mass is 16.3. The van der Waals surface area contributed by atoms with E-state index in [1.165, 1.54) is 12.1 Å². The quantitative estimate of drug-likeness (QED) is 0.724. The summed E-state index contributed by atoms with van der Waals surface area (Å²) in [5.74, 6) is 0.0709. The van der Waals surface area contributed by atoms with Crippen molar-refractivity contribution in [2.75, 3.05) is 5.32 Å². The molecule has 0 bridgehead atoms. The zero-order valence-electron chi connectivity index (χ0n) is 10.8. The third kappa shape index (κ3) is 2.85. The first kappa shape index (κ1) is 13.0. The molecule has 0 heterocycles. The fourth-order valence-corrected chi connectivity index (χ4v) is 1.74. The number of carbonyl (C=O) groups excluding carboxylic acids is 1. The molecule has 0 aliphatic heterocycles. The largest absolute Gasteiger partial charge is 0.508 e. The summed E-state index contributed by atoms with van der Waals surface area (Å²) >= 11 is 0. The van der Waals surface area contributed by atoms with Crippen molar-refractivity contribution in [1.82, 2.24) is 0 Å². The van der Waals surface area contributed by atoms with Crippen LogP contribution in [-0.2, 0) is 0 Å². The van der Waals surface area contributed by atoms with E-state index in [0.29, 0.717) is 16.8 Å². The predicted octanol–water partition coefficient (Wildman–Crippen LogP) is 2.97. The average molecular weight is 257 g/mol. The minimum atomic E-state index is -0.256. The third-order valence-electron chi connectivity index (χ3n) is 2.92. The SMILES string of the molecule is Cc1cc(NC(=O)c2ccc(O)cc2)c(C)cc1O. The van der Waals surface area contributed by atoms with Crippen LogP contribution in [0.25, 0.3) is 0 Å². The van der Waals surface area contributed by atoms with Gasteiger partial charge in [-0.1, -0.05) is 0 Å². The van der Waals surface area contributed by atoms with E-state index in [1.807, 2.05) is 6.92 Å². The molecule has 0 spiro atoms. The standard InChI is InChI=1S/C15H15NO3/c1-9-8-14(18)10(2)7-13(9)16-15(19)11-3-5-12(17)6-4-11/h3-8,17-18H,1-2H3,(H,16,19). The highest BCUT2D eigenvalue weighted by Gasteiger charge is 2.09. The second-order valence-electron chi connectivity index (χ2n) is 4.45. The Morgan fingerprint density at radius 1 is 1.00 bits per heavy atom. The number of aryl methyl sites for hydroxylation is 2. The van der Waals surface area contributed by atoms with E-state index in [4.69, 9.17) is 0 Å². The zero-order chi connectivity index (χ0) is 14.0. The number of hydrogen-bond acceptors (Lipinski definition) is 3. The van der Waals surface area contributed by atoms with Gasteiger partial charge < -0.3 is 15.5 Å². The van der Waals surface area contributed by atoms with Gasteiger partial charge in [0, 0.05) is 11.3 Å². The molecule has 1 amide bonds. The Balaban J connectivity index is 2.24. The highest BCUT2D eigenvalue weighted by molar-refractivity contribution is 6.04. The number of rotatable bonds is 2. The summed E-state index contributed by atoms with van der Waals surface area (Å²) in [6.45, 7) is 3.58. The Bertz CT molecular complexity index is 618. The number of phenolic OH excluding ortho intramolecular Hbond substituents is 2. The van der Waals surface area contributed by atoms with Crippen molar-refractivity contribution in [3.63, 3.8) is 0 Å². The van der Waals surface area contributed by atoms with Gasteiger partial charge in [0.1, 0.15) is 11.5 Å². The Hall–Kier alpha value is -2.49. The summed E-state index contributed by atoms with van der Waals surface area (Å²) in [7, 11) is 0. The van der Waals surface area contributed by atoms with Crippen LogP contribution in [-0.4, -0.2) is 16.1 Å². The van der Waals surface area contributed by atoms with E-state index >= 15 is 0 Å². The van der Waals surface area contributed by atoms with Crippen LogP contribution in [0.4, 0.5) is 5.69 Å². The molecule has 19 heavy (non-hydrogen) atoms. The Labute approximate surface area is 111 Å². The molecule has 0 aliphatic carbocycles. The van der Waals surface area contributed by atoms with E-state index < -0.39 is 0 Å². The number of phenols is 2. The Morgan fingerprint density at radius 3 is 2.26 bits per heavy atom. The minimum absolute atomic E-state index is 0.119. The van der Waals surface area contributed by atoms with Gasteiger partial charge in [-0.25, -0.2) is 0 Å². The van der Waals surface area contributed by atoms with Crippen LogP contribution in [0, 0.1) is 13.8 Å². The van der Waals surface area contributed by atoms with E-state index in [1.54, 1.807) is 31.2 Å². The maximum atomic E-state index is 12.0. The van der Waals surface area contributed by atoms with Crippen molar-refractivity contribution >= 4 is 11.6 Å². The topological polar surface area (TPSA) is 69.6 Å². The summed E-state index contributed by atoms with van der Waals surface area (Å²) in [6, 6.07) is 9.36. The van der Waals surface area contributed by atoms with Gasteiger partial charge in [-0.05, 0) is 61.4 Å². The van der Waals surface area contributed by atoms with E-state index in [-0.39, 0.29) is 17.4 Å². The molecule has 4 heteroatoms. The van der Waals surface area contributed by atoms with Gasteiger partial charge in [0.2, 0.25) is 0 Å². The van der Waals surface area contributed by atoms with Gasteiger partial charge in [-0.2, -0.15) is 0 Å². The lowest BCUT2D eigenvalue weighted by atomic mass is 10.1. The molecule has 0 aromatic heterocycles. The van der Waals surface area contributed by atoms with Crippen LogP contribution < -0.4 is 5.32 Å². The van der Waals surface area contributed by atoms with Crippen molar-refractivity contribution in [3.05, 3.63) is 53.1 Å². The molecular weight excluding hydrogens is 242 g/mol. The number of benzene rings is 2. The third-order valence-corrected chi connectivity index (χ3v) is 2.92. The first-order valence-electron chi connectivity index (χ1n) is 5.88. The summed E-state index contributed by atoms with van der Waals surface area (Å²) in [5.41, 5.74) is 2.61. The van der Waals surface area contributed by atoms with Crippen LogP contribution in [0.5, 0.6) is 11.5 Å². The first-order valence-corrected chi connectivity index (χ1v) is 5.88. The number of anilines is 1. The van der Waals surface area contributed by atoms with E-state index in [9.17, 15) is 15.0 Å². The van der Waals surface area contributed by atoms with Gasteiger partial charge in [0.05, 0.1) is 0 Å². The highest BCUT2D eigenvalue weighted by Crippen LogP contribution is 2.25. The zero-order valence-corrected chi connectivity index (χ0v) is 10.8. The second-order valence-corrected chi connectivity index (χ2v) is 4.45. The lowest BCUT2D eigenvalue weighted by Gasteiger charge is -2.10. The molecule has 0 unspecified atom stereocenters. The number of hydrogen-bond donors (Lipinski definition) is 3. The lowest BCUT2D eigenvalue weighted by molar-refractivity contribution is 0.102. The van der Waals surface area contributed by atoms with Gasteiger partial charge >= 0.3 is 0 Å². The van der Waals surface area contributed by atoms with Crippen LogP contribution in [0.3, 0.4) is 0 Å². The number of carbonyl (C=O) groups is 1. The van der Waals surface area contributed by atoms with Crippen molar-refractivity contribution in [2.45, 2.75) is 13.8 Å². The molecule has 0 radical (unpaired) electrons. The number of aromatic hydroxyl groups is 2. The molecular formula is C15H15NO3. The molecule has 3 N–H and O–H groups in total. The van der Waals surface area contributed by atoms with Gasteiger partial charge in [-0.15, -0.1) is 0 Å². The van der Waals surface area contributed by atoms with Crippen molar-refractivity contribution < 1.29 is 15.0 Å². The van der Waals surface area contributed by atoms with Gasteiger partial charge in [0.15, 0.2) is 0 Å². The van der Waals surface area contributed by atoms with Crippen LogP contribution in [0.2, 0.25) is 0 Å². The Kier molecular flexibility index (Phi) is 3.42. The fourth-order valence-electron chi connectivity index (χ4n) is 1.74. The van der Waals surface area contributed by atoms with Crippen molar-refractivity contribution in [1.29, 1.82) is 0 Å². The predicted molar refractivity (Wildman–Crippen MR) is 73.6 cm³/mol. The van der Waals surface area contributed by atoms with Crippen LogP contribution in [0.15, 0.2) is 36.4 Å². The molecule has 0 aliphatic rings. The lowest BCUT2D eigenvalue weighted by Crippen LogP contribution is -2.12. The molecule has 0 fully saturated rings. The summed E-state index contributed by atoms with van der Waals surface area (Å²) < 4.78 is 0. The van der Waals surface area contributed by atoms with E-state index in [0.717, 1.165) is 5.56 Å². The molecule has 0 saturated heterocycles. The maximum absolute atomic E-state index is 12.0. The molecule has 2 aromatic rings. The smallest absolute Gasteiger partial charge is 0.255 e. The molecule has 2 rings (SSSR count). The van der Waals surface area contributed by atoms with Gasteiger partial charge in [-0.3, -0.25) is 4.79 Å². The maximum Gasteiger partial charge on any atom is 0.255 e. The summed E-state index contributed by atoms with van der Waals surface area (Å²) in [5, 5.41) is 21.5. The Morgan fingerprint density at radius 2 is 1.63 bits per heavy atom. The van der Waals surface area contributed by atoms with Crippen molar-refractivity contribution in [3.8, 4) is 11.5 Å². The van der Waals surface area contributed by atoms with Crippen molar-refractivity contribution in [2.24, 2.45) is 0 Å². The van der Waals surface area contributed by atoms with E-state index in [2.05, 4.69) is 5.32 Å².